The van der Waals surface area contributed by atoms with Gasteiger partial charge in [0, 0.05) is 28.2 Å². The SMILES string of the molecule is CC(C)(C)Nc1nc(Nc2cccc(Cl)c2)cc(C2CC2)n1. The lowest BCUT2D eigenvalue weighted by Gasteiger charge is -2.21. The summed E-state index contributed by atoms with van der Waals surface area (Å²) in [4.78, 5) is 9.23. The van der Waals surface area contributed by atoms with Crippen molar-refractivity contribution in [2.24, 2.45) is 0 Å². The van der Waals surface area contributed by atoms with Crippen molar-refractivity contribution in [1.29, 1.82) is 0 Å². The molecule has 0 saturated heterocycles. The highest BCUT2D eigenvalue weighted by atomic mass is 35.5. The molecule has 0 radical (unpaired) electrons. The van der Waals surface area contributed by atoms with Crippen molar-refractivity contribution >= 4 is 29.1 Å². The summed E-state index contributed by atoms with van der Waals surface area (Å²) >= 11 is 6.04. The van der Waals surface area contributed by atoms with E-state index >= 15 is 0 Å². The third-order valence-electron chi connectivity index (χ3n) is 3.33. The topological polar surface area (TPSA) is 49.8 Å². The minimum Gasteiger partial charge on any atom is -0.350 e. The molecule has 1 heterocycles. The van der Waals surface area contributed by atoms with E-state index in [1.165, 1.54) is 12.8 Å². The molecule has 3 rings (SSSR count). The first kappa shape index (κ1) is 15.1. The van der Waals surface area contributed by atoms with Crippen LogP contribution in [0.1, 0.15) is 45.2 Å². The predicted octanol–water partition coefficient (Wildman–Crippen LogP) is 4.96. The van der Waals surface area contributed by atoms with Gasteiger partial charge in [-0.15, -0.1) is 0 Å². The molecule has 1 fully saturated rings. The first-order valence-corrected chi connectivity index (χ1v) is 7.97. The van der Waals surface area contributed by atoms with Crippen molar-refractivity contribution in [3.05, 3.63) is 41.0 Å². The maximum atomic E-state index is 6.04. The van der Waals surface area contributed by atoms with Gasteiger partial charge in [0.2, 0.25) is 5.95 Å². The highest BCUT2D eigenvalue weighted by Crippen LogP contribution is 2.40. The van der Waals surface area contributed by atoms with Crippen LogP contribution in [-0.4, -0.2) is 15.5 Å². The van der Waals surface area contributed by atoms with Crippen LogP contribution in [0.4, 0.5) is 17.5 Å². The van der Waals surface area contributed by atoms with Gasteiger partial charge in [0.25, 0.3) is 0 Å². The van der Waals surface area contributed by atoms with Gasteiger partial charge in [0.05, 0.1) is 5.69 Å². The first-order valence-electron chi connectivity index (χ1n) is 7.59. The van der Waals surface area contributed by atoms with Crippen LogP contribution in [0, 0.1) is 0 Å². The quantitative estimate of drug-likeness (QED) is 0.837. The average molecular weight is 317 g/mol. The molecule has 0 amide bonds. The lowest BCUT2D eigenvalue weighted by atomic mass is 10.1. The van der Waals surface area contributed by atoms with E-state index in [9.17, 15) is 0 Å². The minimum absolute atomic E-state index is 0.0739. The van der Waals surface area contributed by atoms with Crippen LogP contribution in [0.2, 0.25) is 5.02 Å². The van der Waals surface area contributed by atoms with Crippen LogP contribution < -0.4 is 10.6 Å². The zero-order chi connectivity index (χ0) is 15.7. The van der Waals surface area contributed by atoms with Gasteiger partial charge < -0.3 is 10.6 Å². The van der Waals surface area contributed by atoms with Crippen LogP contribution in [-0.2, 0) is 0 Å². The van der Waals surface area contributed by atoms with E-state index in [0.29, 0.717) is 16.9 Å². The minimum atomic E-state index is -0.0739. The molecule has 0 bridgehead atoms. The molecule has 5 heteroatoms. The highest BCUT2D eigenvalue weighted by Gasteiger charge is 2.26. The summed E-state index contributed by atoms with van der Waals surface area (Å²) in [5.74, 6) is 2.04. The number of aromatic nitrogens is 2. The maximum absolute atomic E-state index is 6.04. The van der Waals surface area contributed by atoms with Gasteiger partial charge in [-0.25, -0.2) is 4.98 Å². The molecule has 1 saturated carbocycles. The largest absolute Gasteiger partial charge is 0.350 e. The van der Waals surface area contributed by atoms with Gasteiger partial charge in [-0.2, -0.15) is 4.98 Å². The summed E-state index contributed by atoms with van der Waals surface area (Å²) in [5, 5.41) is 7.38. The molecule has 1 aromatic carbocycles. The third-order valence-corrected chi connectivity index (χ3v) is 3.56. The zero-order valence-corrected chi connectivity index (χ0v) is 13.9. The van der Waals surface area contributed by atoms with Gasteiger partial charge in [0.15, 0.2) is 0 Å². The van der Waals surface area contributed by atoms with Crippen molar-refractivity contribution in [2.75, 3.05) is 10.6 Å². The standard InChI is InChI=1S/C17H21ClN4/c1-17(2,3)22-16-20-14(11-7-8-11)10-15(21-16)19-13-6-4-5-12(18)9-13/h4-6,9-11H,7-8H2,1-3H3,(H2,19,20,21,22). The summed E-state index contributed by atoms with van der Waals surface area (Å²) < 4.78 is 0. The number of hydrogen-bond acceptors (Lipinski definition) is 4. The van der Waals surface area contributed by atoms with E-state index in [0.717, 1.165) is 17.2 Å². The molecule has 4 nitrogen and oxygen atoms in total. The molecule has 0 atom stereocenters. The normalized spacial score (nSPS) is 14.7. The lowest BCUT2D eigenvalue weighted by molar-refractivity contribution is 0.625. The fourth-order valence-corrected chi connectivity index (χ4v) is 2.41. The van der Waals surface area contributed by atoms with Gasteiger partial charge >= 0.3 is 0 Å². The summed E-state index contributed by atoms with van der Waals surface area (Å²) in [7, 11) is 0. The fraction of sp³-hybridized carbons (Fsp3) is 0.412. The molecular weight excluding hydrogens is 296 g/mol. The Balaban J connectivity index is 1.89. The summed E-state index contributed by atoms with van der Waals surface area (Å²) in [5.41, 5.74) is 1.95. The van der Waals surface area contributed by atoms with Gasteiger partial charge in [-0.1, -0.05) is 17.7 Å². The average Bonchev–Trinajstić information content (AvgIpc) is 3.20. The van der Waals surface area contributed by atoms with Crippen LogP contribution in [0.3, 0.4) is 0 Å². The Morgan fingerprint density at radius 2 is 1.91 bits per heavy atom. The maximum Gasteiger partial charge on any atom is 0.225 e. The Morgan fingerprint density at radius 3 is 2.55 bits per heavy atom. The number of nitrogens with zero attached hydrogens (tertiary/aromatic N) is 2. The fourth-order valence-electron chi connectivity index (χ4n) is 2.22. The molecule has 116 valence electrons. The Hall–Kier alpha value is -1.81. The van der Waals surface area contributed by atoms with Gasteiger partial charge in [-0.3, -0.25) is 0 Å². The number of hydrogen-bond donors (Lipinski definition) is 2. The molecule has 2 aromatic rings. The second-order valence-corrected chi connectivity index (χ2v) is 7.22. The number of benzene rings is 1. The van der Waals surface area contributed by atoms with Crippen molar-refractivity contribution < 1.29 is 0 Å². The summed E-state index contributed by atoms with van der Waals surface area (Å²) in [6, 6.07) is 9.67. The molecule has 0 unspecified atom stereocenters. The van der Waals surface area contributed by atoms with E-state index < -0.39 is 0 Å². The molecule has 1 aliphatic carbocycles. The van der Waals surface area contributed by atoms with E-state index in [1.54, 1.807) is 0 Å². The van der Waals surface area contributed by atoms with Crippen molar-refractivity contribution in [3.63, 3.8) is 0 Å². The summed E-state index contributed by atoms with van der Waals surface area (Å²) in [6.07, 6.45) is 2.42. The van der Waals surface area contributed by atoms with Gasteiger partial charge in [0.1, 0.15) is 5.82 Å². The van der Waals surface area contributed by atoms with Crippen LogP contribution in [0.5, 0.6) is 0 Å². The molecule has 0 spiro atoms. The van der Waals surface area contributed by atoms with Crippen molar-refractivity contribution in [1.82, 2.24) is 9.97 Å². The zero-order valence-electron chi connectivity index (χ0n) is 13.2. The van der Waals surface area contributed by atoms with E-state index in [-0.39, 0.29) is 5.54 Å². The van der Waals surface area contributed by atoms with Crippen molar-refractivity contribution in [3.8, 4) is 0 Å². The smallest absolute Gasteiger partial charge is 0.225 e. The monoisotopic (exact) mass is 316 g/mol. The van der Waals surface area contributed by atoms with E-state index in [1.807, 2.05) is 30.3 Å². The molecule has 1 aromatic heterocycles. The van der Waals surface area contributed by atoms with Gasteiger partial charge in [-0.05, 0) is 51.8 Å². The number of nitrogens with one attached hydrogen (secondary N) is 2. The Labute approximate surface area is 136 Å². The van der Waals surface area contributed by atoms with Crippen LogP contribution >= 0.6 is 11.6 Å². The second kappa shape index (κ2) is 5.76. The van der Waals surface area contributed by atoms with Crippen molar-refractivity contribution in [2.45, 2.75) is 45.1 Å². The third kappa shape index (κ3) is 4.10. The molecular formula is C17H21ClN4. The lowest BCUT2D eigenvalue weighted by Crippen LogP contribution is -2.27. The summed E-state index contributed by atoms with van der Waals surface area (Å²) in [6.45, 7) is 6.30. The molecule has 22 heavy (non-hydrogen) atoms. The molecule has 0 aliphatic heterocycles. The second-order valence-electron chi connectivity index (χ2n) is 6.79. The Kier molecular flexibility index (Phi) is 3.96. The first-order chi connectivity index (χ1) is 10.4. The van der Waals surface area contributed by atoms with Crippen LogP contribution in [0.15, 0.2) is 30.3 Å². The van der Waals surface area contributed by atoms with E-state index in [4.69, 9.17) is 11.6 Å². The number of anilines is 3. The highest BCUT2D eigenvalue weighted by molar-refractivity contribution is 6.30. The van der Waals surface area contributed by atoms with E-state index in [2.05, 4.69) is 41.4 Å². The number of halogens is 1. The Morgan fingerprint density at radius 1 is 1.14 bits per heavy atom. The molecule has 2 N–H and O–H groups in total. The number of rotatable bonds is 4. The molecule has 1 aliphatic rings. The van der Waals surface area contributed by atoms with Crippen LogP contribution in [0.25, 0.3) is 0 Å². The predicted molar refractivity (Wildman–Crippen MR) is 92.1 cm³/mol. The Bertz CT molecular complexity index is 675.